The average molecular weight is 366 g/mol. The summed E-state index contributed by atoms with van der Waals surface area (Å²) in [4.78, 5) is 34.7. The number of aromatic amines is 1. The maximum atomic E-state index is 13.2. The lowest BCUT2D eigenvalue weighted by Crippen LogP contribution is -2.57. The van der Waals surface area contributed by atoms with Gasteiger partial charge in [-0.1, -0.05) is 31.2 Å². The number of H-pyrrole nitrogens is 1. The zero-order valence-electron chi connectivity index (χ0n) is 15.7. The van der Waals surface area contributed by atoms with Gasteiger partial charge in [-0.05, 0) is 36.2 Å². The minimum absolute atomic E-state index is 0.00822. The molecule has 27 heavy (non-hydrogen) atoms. The number of nitrogens with one attached hydrogen (secondary N) is 1. The number of nitrogens with zero attached hydrogens (tertiary/aromatic N) is 3. The quantitative estimate of drug-likeness (QED) is 0.900. The van der Waals surface area contributed by atoms with E-state index in [9.17, 15) is 9.59 Å². The molecule has 0 spiro atoms. The van der Waals surface area contributed by atoms with Gasteiger partial charge in [0.15, 0.2) is 0 Å². The Hall–Kier alpha value is -2.60. The van der Waals surface area contributed by atoms with Gasteiger partial charge in [-0.2, -0.15) is 0 Å². The van der Waals surface area contributed by atoms with Gasteiger partial charge >= 0.3 is 0 Å². The van der Waals surface area contributed by atoms with E-state index in [0.29, 0.717) is 31.9 Å². The molecule has 1 atom stereocenters. The number of carbonyl (C=O) groups excluding carboxylic acids is 2. The molecule has 142 valence electrons. The van der Waals surface area contributed by atoms with Crippen LogP contribution in [-0.2, 0) is 17.8 Å². The largest absolute Gasteiger partial charge is 0.357 e. The van der Waals surface area contributed by atoms with E-state index in [4.69, 9.17) is 0 Å². The number of hydrogen-bond acceptors (Lipinski definition) is 3. The SMILES string of the molecule is CCN1Cc2ccccc2CC1C(=O)N1CCN(C(=O)c2ccc[nH]2)CC1. The molecule has 1 fully saturated rings. The molecule has 2 aliphatic heterocycles. The summed E-state index contributed by atoms with van der Waals surface area (Å²) in [5.74, 6) is 0.201. The number of carbonyl (C=O) groups is 2. The molecule has 1 N–H and O–H groups in total. The molecule has 1 saturated heterocycles. The van der Waals surface area contributed by atoms with E-state index in [-0.39, 0.29) is 17.9 Å². The van der Waals surface area contributed by atoms with E-state index in [1.54, 1.807) is 12.3 Å². The van der Waals surface area contributed by atoms with Crippen molar-refractivity contribution in [2.24, 2.45) is 0 Å². The lowest BCUT2D eigenvalue weighted by atomic mass is 9.93. The van der Waals surface area contributed by atoms with Gasteiger partial charge in [0, 0.05) is 38.9 Å². The lowest BCUT2D eigenvalue weighted by Gasteiger charge is -2.41. The summed E-state index contributed by atoms with van der Waals surface area (Å²) in [6, 6.07) is 11.9. The fourth-order valence-electron chi connectivity index (χ4n) is 4.13. The van der Waals surface area contributed by atoms with Gasteiger partial charge in [-0.15, -0.1) is 0 Å². The first-order chi connectivity index (χ1) is 13.2. The van der Waals surface area contributed by atoms with Crippen LogP contribution in [0.4, 0.5) is 0 Å². The van der Waals surface area contributed by atoms with Crippen LogP contribution in [0.2, 0.25) is 0 Å². The number of benzene rings is 1. The molecule has 2 aromatic rings. The summed E-state index contributed by atoms with van der Waals surface area (Å²) >= 11 is 0. The van der Waals surface area contributed by atoms with Crippen LogP contribution in [0.25, 0.3) is 0 Å². The van der Waals surface area contributed by atoms with Crippen LogP contribution < -0.4 is 0 Å². The molecule has 1 aromatic carbocycles. The van der Waals surface area contributed by atoms with Gasteiger partial charge in [0.1, 0.15) is 5.69 Å². The molecule has 0 saturated carbocycles. The summed E-state index contributed by atoms with van der Waals surface area (Å²) in [5, 5.41) is 0. The third kappa shape index (κ3) is 3.49. The summed E-state index contributed by atoms with van der Waals surface area (Å²) in [7, 11) is 0. The zero-order chi connectivity index (χ0) is 18.8. The molecule has 4 rings (SSSR count). The number of aromatic nitrogens is 1. The smallest absolute Gasteiger partial charge is 0.270 e. The minimum Gasteiger partial charge on any atom is -0.357 e. The Balaban J connectivity index is 1.41. The van der Waals surface area contributed by atoms with Crippen molar-refractivity contribution in [3.8, 4) is 0 Å². The van der Waals surface area contributed by atoms with Crippen LogP contribution in [0.5, 0.6) is 0 Å². The first-order valence-corrected chi connectivity index (χ1v) is 9.69. The van der Waals surface area contributed by atoms with Crippen molar-refractivity contribution in [1.82, 2.24) is 19.7 Å². The van der Waals surface area contributed by atoms with Gasteiger partial charge in [-0.25, -0.2) is 0 Å². The fourth-order valence-corrected chi connectivity index (χ4v) is 4.13. The molecular weight excluding hydrogens is 340 g/mol. The van der Waals surface area contributed by atoms with Crippen molar-refractivity contribution in [3.63, 3.8) is 0 Å². The molecule has 1 aromatic heterocycles. The van der Waals surface area contributed by atoms with Crippen molar-refractivity contribution < 1.29 is 9.59 Å². The predicted octanol–water partition coefficient (Wildman–Crippen LogP) is 1.75. The minimum atomic E-state index is -0.101. The summed E-state index contributed by atoms with van der Waals surface area (Å²) in [6.07, 6.45) is 2.53. The van der Waals surface area contributed by atoms with E-state index in [0.717, 1.165) is 19.5 Å². The molecule has 0 radical (unpaired) electrons. The Bertz CT molecular complexity index is 809. The van der Waals surface area contributed by atoms with Crippen LogP contribution in [0.15, 0.2) is 42.6 Å². The number of hydrogen-bond donors (Lipinski definition) is 1. The van der Waals surface area contributed by atoms with E-state index in [2.05, 4.69) is 35.0 Å². The maximum absolute atomic E-state index is 13.2. The maximum Gasteiger partial charge on any atom is 0.270 e. The highest BCUT2D eigenvalue weighted by Gasteiger charge is 2.35. The van der Waals surface area contributed by atoms with E-state index >= 15 is 0 Å². The highest BCUT2D eigenvalue weighted by molar-refractivity contribution is 5.92. The Kier molecular flexibility index (Phi) is 4.99. The Morgan fingerprint density at radius 1 is 1.00 bits per heavy atom. The van der Waals surface area contributed by atoms with Gasteiger partial charge in [0.05, 0.1) is 6.04 Å². The normalized spacial score (nSPS) is 20.4. The third-order valence-corrected chi connectivity index (χ3v) is 5.74. The lowest BCUT2D eigenvalue weighted by molar-refractivity contribution is -0.139. The molecule has 0 aliphatic carbocycles. The van der Waals surface area contributed by atoms with Crippen LogP contribution in [0.1, 0.15) is 28.5 Å². The molecule has 2 amide bonds. The van der Waals surface area contributed by atoms with Crippen molar-refractivity contribution >= 4 is 11.8 Å². The van der Waals surface area contributed by atoms with Crippen LogP contribution in [0.3, 0.4) is 0 Å². The first-order valence-electron chi connectivity index (χ1n) is 9.69. The van der Waals surface area contributed by atoms with Crippen molar-refractivity contribution in [3.05, 3.63) is 59.4 Å². The number of piperazine rings is 1. The van der Waals surface area contributed by atoms with E-state index < -0.39 is 0 Å². The second kappa shape index (κ2) is 7.56. The summed E-state index contributed by atoms with van der Waals surface area (Å²) < 4.78 is 0. The van der Waals surface area contributed by atoms with E-state index in [1.807, 2.05) is 21.9 Å². The monoisotopic (exact) mass is 366 g/mol. The Labute approximate surface area is 159 Å². The van der Waals surface area contributed by atoms with Gasteiger partial charge in [-0.3, -0.25) is 14.5 Å². The fraction of sp³-hybridized carbons (Fsp3) is 0.429. The molecule has 1 unspecified atom stereocenters. The van der Waals surface area contributed by atoms with Gasteiger partial charge < -0.3 is 14.8 Å². The molecule has 6 nitrogen and oxygen atoms in total. The molecule has 0 bridgehead atoms. The highest BCUT2D eigenvalue weighted by atomic mass is 16.2. The summed E-state index contributed by atoms with van der Waals surface area (Å²) in [6.45, 7) is 6.16. The van der Waals surface area contributed by atoms with Crippen molar-refractivity contribution in [1.29, 1.82) is 0 Å². The number of fused-ring (bicyclic) bond motifs is 1. The molecule has 3 heterocycles. The number of amides is 2. The molecule has 6 heteroatoms. The van der Waals surface area contributed by atoms with Crippen LogP contribution in [-0.4, -0.2) is 70.3 Å². The highest BCUT2D eigenvalue weighted by Crippen LogP contribution is 2.24. The summed E-state index contributed by atoms with van der Waals surface area (Å²) in [5.41, 5.74) is 3.21. The van der Waals surface area contributed by atoms with Gasteiger partial charge in [0.25, 0.3) is 5.91 Å². The Morgan fingerprint density at radius 3 is 2.37 bits per heavy atom. The standard InChI is InChI=1S/C21H26N4O2/c1-2-23-15-17-7-4-3-6-16(17)14-19(23)21(27)25-12-10-24(11-13-25)20(26)18-8-5-9-22-18/h3-9,19,22H,2,10-15H2,1H3. The molecule has 2 aliphatic rings. The van der Waals surface area contributed by atoms with Crippen LogP contribution >= 0.6 is 0 Å². The number of rotatable bonds is 3. The van der Waals surface area contributed by atoms with Gasteiger partial charge in [0.2, 0.25) is 5.91 Å². The molecular formula is C21H26N4O2. The van der Waals surface area contributed by atoms with Crippen molar-refractivity contribution in [2.45, 2.75) is 25.9 Å². The third-order valence-electron chi connectivity index (χ3n) is 5.74. The topological polar surface area (TPSA) is 59.7 Å². The second-order valence-corrected chi connectivity index (χ2v) is 7.25. The average Bonchev–Trinajstić information content (AvgIpc) is 3.26. The predicted molar refractivity (Wildman–Crippen MR) is 103 cm³/mol. The van der Waals surface area contributed by atoms with Crippen molar-refractivity contribution in [2.75, 3.05) is 32.7 Å². The first kappa shape index (κ1) is 17.8. The van der Waals surface area contributed by atoms with Crippen LogP contribution in [0, 0.1) is 0 Å². The number of likely N-dealkylation sites (N-methyl/N-ethyl adjacent to an activating group) is 1. The van der Waals surface area contributed by atoms with E-state index in [1.165, 1.54) is 11.1 Å². The zero-order valence-corrected chi connectivity index (χ0v) is 15.7. The second-order valence-electron chi connectivity index (χ2n) is 7.25. The Morgan fingerprint density at radius 2 is 1.70 bits per heavy atom.